The van der Waals surface area contributed by atoms with Gasteiger partial charge in [0.25, 0.3) is 0 Å². The Morgan fingerprint density at radius 1 is 1.42 bits per heavy atom. The van der Waals surface area contributed by atoms with Crippen molar-refractivity contribution in [3.05, 3.63) is 0 Å². The Morgan fingerprint density at radius 2 is 2.17 bits per heavy atom. The van der Waals surface area contributed by atoms with E-state index >= 15 is 0 Å². The molecule has 0 radical (unpaired) electrons. The van der Waals surface area contributed by atoms with Gasteiger partial charge in [0.05, 0.1) is 6.10 Å². The third kappa shape index (κ3) is 1.37. The highest BCUT2D eigenvalue weighted by molar-refractivity contribution is 4.94. The number of hydrogen-bond donors (Lipinski definition) is 2. The van der Waals surface area contributed by atoms with Crippen LogP contribution in [0.15, 0.2) is 0 Å². The molecule has 2 aliphatic rings. The van der Waals surface area contributed by atoms with E-state index in [4.69, 9.17) is 0 Å². The number of rotatable bonds is 2. The summed E-state index contributed by atoms with van der Waals surface area (Å²) in [5.41, 5.74) is 0. The number of aliphatic hydroxyl groups excluding tert-OH is 1. The fourth-order valence-electron chi connectivity index (χ4n) is 2.16. The molecule has 0 aromatic carbocycles. The average Bonchev–Trinajstić information content (AvgIpc) is 2.35. The molecule has 2 unspecified atom stereocenters. The molecule has 70 valence electrons. The Hall–Kier alpha value is -0.120. The van der Waals surface area contributed by atoms with Crippen LogP contribution in [0.1, 0.15) is 13.3 Å². The van der Waals surface area contributed by atoms with Crippen LogP contribution in [0.25, 0.3) is 0 Å². The van der Waals surface area contributed by atoms with Crippen LogP contribution in [0.3, 0.4) is 0 Å². The predicted molar refractivity (Wildman–Crippen MR) is 48.0 cm³/mol. The molecule has 0 aromatic rings. The molecule has 2 aliphatic heterocycles. The van der Waals surface area contributed by atoms with Crippen LogP contribution in [-0.4, -0.2) is 48.3 Å². The summed E-state index contributed by atoms with van der Waals surface area (Å²) >= 11 is 0. The van der Waals surface area contributed by atoms with Gasteiger partial charge in [-0.25, -0.2) is 0 Å². The molecule has 2 saturated heterocycles. The summed E-state index contributed by atoms with van der Waals surface area (Å²) in [5.74, 6) is 0.887. The van der Waals surface area contributed by atoms with Gasteiger partial charge in [-0.15, -0.1) is 0 Å². The SMILES string of the molecule is CCC1CN(C2CNCC2O)C1. The highest BCUT2D eigenvalue weighted by Gasteiger charge is 2.37. The zero-order valence-electron chi connectivity index (χ0n) is 7.66. The molecule has 0 amide bonds. The van der Waals surface area contributed by atoms with Crippen LogP contribution in [0, 0.1) is 5.92 Å². The van der Waals surface area contributed by atoms with Crippen LogP contribution >= 0.6 is 0 Å². The van der Waals surface area contributed by atoms with Gasteiger partial charge in [0.1, 0.15) is 0 Å². The van der Waals surface area contributed by atoms with Crippen LogP contribution < -0.4 is 5.32 Å². The molecule has 0 aliphatic carbocycles. The fraction of sp³-hybridized carbons (Fsp3) is 1.00. The van der Waals surface area contributed by atoms with Gasteiger partial charge in [-0.3, -0.25) is 4.90 Å². The Morgan fingerprint density at radius 3 is 2.67 bits per heavy atom. The second kappa shape index (κ2) is 3.32. The zero-order valence-corrected chi connectivity index (χ0v) is 7.66. The van der Waals surface area contributed by atoms with E-state index in [1.807, 2.05) is 0 Å². The molecule has 2 rings (SSSR count). The molecule has 0 spiro atoms. The van der Waals surface area contributed by atoms with Gasteiger partial charge in [0.15, 0.2) is 0 Å². The molecule has 0 aromatic heterocycles. The topological polar surface area (TPSA) is 35.5 Å². The van der Waals surface area contributed by atoms with Crippen molar-refractivity contribution in [2.45, 2.75) is 25.5 Å². The molecule has 12 heavy (non-hydrogen) atoms. The second-order valence-corrected chi connectivity index (χ2v) is 4.02. The third-order valence-corrected chi connectivity index (χ3v) is 3.18. The molecule has 2 N–H and O–H groups in total. The Balaban J connectivity index is 1.79. The monoisotopic (exact) mass is 170 g/mol. The van der Waals surface area contributed by atoms with E-state index in [1.165, 1.54) is 19.5 Å². The first kappa shape index (κ1) is 8.48. The number of aliphatic hydroxyl groups is 1. The minimum atomic E-state index is -0.136. The van der Waals surface area contributed by atoms with E-state index in [2.05, 4.69) is 17.1 Å². The Kier molecular flexibility index (Phi) is 2.35. The maximum atomic E-state index is 9.58. The van der Waals surface area contributed by atoms with Gasteiger partial charge < -0.3 is 10.4 Å². The first-order valence-corrected chi connectivity index (χ1v) is 4.94. The fourth-order valence-corrected chi connectivity index (χ4v) is 2.16. The zero-order chi connectivity index (χ0) is 8.55. The van der Waals surface area contributed by atoms with Crippen LogP contribution in [0.2, 0.25) is 0 Å². The van der Waals surface area contributed by atoms with Gasteiger partial charge in [-0.1, -0.05) is 13.3 Å². The predicted octanol–water partition coefficient (Wildman–Crippen LogP) is -0.339. The summed E-state index contributed by atoms with van der Waals surface area (Å²) in [7, 11) is 0. The lowest BCUT2D eigenvalue weighted by Gasteiger charge is -2.43. The van der Waals surface area contributed by atoms with Crippen molar-refractivity contribution in [2.75, 3.05) is 26.2 Å². The van der Waals surface area contributed by atoms with Crippen LogP contribution in [-0.2, 0) is 0 Å². The number of hydrogen-bond acceptors (Lipinski definition) is 3. The summed E-state index contributed by atoms with van der Waals surface area (Å²) in [6, 6.07) is 0.396. The number of nitrogens with zero attached hydrogens (tertiary/aromatic N) is 1. The number of likely N-dealkylation sites (tertiary alicyclic amines) is 1. The molecular weight excluding hydrogens is 152 g/mol. The average molecular weight is 170 g/mol. The Bertz CT molecular complexity index is 157. The summed E-state index contributed by atoms with van der Waals surface area (Å²) < 4.78 is 0. The van der Waals surface area contributed by atoms with Crippen LogP contribution in [0.4, 0.5) is 0 Å². The minimum absolute atomic E-state index is 0.136. The smallest absolute Gasteiger partial charge is 0.0831 e. The summed E-state index contributed by atoms with van der Waals surface area (Å²) in [4.78, 5) is 2.40. The van der Waals surface area contributed by atoms with Crippen LogP contribution in [0.5, 0.6) is 0 Å². The lowest BCUT2D eigenvalue weighted by molar-refractivity contribution is 0.00607. The largest absolute Gasteiger partial charge is 0.390 e. The standard InChI is InChI=1S/C9H18N2O/c1-2-7-5-11(6-7)8-3-10-4-9(8)12/h7-10,12H,2-6H2,1H3. The maximum absolute atomic E-state index is 9.58. The van der Waals surface area contributed by atoms with Gasteiger partial charge in [-0.2, -0.15) is 0 Å². The first-order chi connectivity index (χ1) is 5.81. The molecule has 3 heteroatoms. The molecule has 2 atom stereocenters. The molecule has 0 saturated carbocycles. The molecule has 0 bridgehead atoms. The van der Waals surface area contributed by atoms with Crippen molar-refractivity contribution in [1.82, 2.24) is 10.2 Å². The normalized spacial score (nSPS) is 38.5. The van der Waals surface area contributed by atoms with Crippen molar-refractivity contribution in [3.63, 3.8) is 0 Å². The van der Waals surface area contributed by atoms with E-state index in [0.29, 0.717) is 6.04 Å². The number of β-amino-alcohol motifs (C(OH)–C–C–N with tert-alkyl or cyclic N) is 1. The van der Waals surface area contributed by atoms with Gasteiger partial charge >= 0.3 is 0 Å². The number of nitrogens with one attached hydrogen (secondary N) is 1. The summed E-state index contributed by atoms with van der Waals surface area (Å²) in [5, 5.41) is 12.8. The lowest BCUT2D eigenvalue weighted by Crippen LogP contribution is -2.55. The van der Waals surface area contributed by atoms with Crippen molar-refractivity contribution < 1.29 is 5.11 Å². The molecule has 3 nitrogen and oxygen atoms in total. The van der Waals surface area contributed by atoms with E-state index in [-0.39, 0.29) is 6.10 Å². The van der Waals surface area contributed by atoms with Crippen molar-refractivity contribution >= 4 is 0 Å². The maximum Gasteiger partial charge on any atom is 0.0831 e. The highest BCUT2D eigenvalue weighted by atomic mass is 16.3. The van der Waals surface area contributed by atoms with E-state index in [0.717, 1.165) is 19.0 Å². The van der Waals surface area contributed by atoms with Gasteiger partial charge in [0, 0.05) is 32.2 Å². The van der Waals surface area contributed by atoms with Crippen molar-refractivity contribution in [3.8, 4) is 0 Å². The van der Waals surface area contributed by atoms with E-state index < -0.39 is 0 Å². The van der Waals surface area contributed by atoms with E-state index in [1.54, 1.807) is 0 Å². The third-order valence-electron chi connectivity index (χ3n) is 3.18. The first-order valence-electron chi connectivity index (χ1n) is 4.94. The summed E-state index contributed by atoms with van der Waals surface area (Å²) in [6.07, 6.45) is 1.15. The van der Waals surface area contributed by atoms with Gasteiger partial charge in [-0.05, 0) is 5.92 Å². The minimum Gasteiger partial charge on any atom is -0.390 e. The Labute approximate surface area is 73.8 Å². The highest BCUT2D eigenvalue weighted by Crippen LogP contribution is 2.23. The lowest BCUT2D eigenvalue weighted by atomic mass is 9.94. The van der Waals surface area contributed by atoms with E-state index in [9.17, 15) is 5.11 Å². The van der Waals surface area contributed by atoms with Crippen molar-refractivity contribution in [1.29, 1.82) is 0 Å². The second-order valence-electron chi connectivity index (χ2n) is 4.02. The van der Waals surface area contributed by atoms with Gasteiger partial charge in [0.2, 0.25) is 0 Å². The molecule has 2 heterocycles. The van der Waals surface area contributed by atoms with Crippen molar-refractivity contribution in [2.24, 2.45) is 5.92 Å². The summed E-state index contributed by atoms with van der Waals surface area (Å²) in [6.45, 7) is 6.38. The quantitative estimate of drug-likeness (QED) is 0.595. The molecule has 2 fully saturated rings. The molecular formula is C9H18N2O.